The maximum absolute atomic E-state index is 13.3. The number of amides is 1. The molecule has 0 spiro atoms. The number of unbranched alkanes of at least 4 members (excludes halogenated alkanes) is 11. The van der Waals surface area contributed by atoms with Crippen LogP contribution in [-0.4, -0.2) is 193 Å². The first-order chi connectivity index (χ1) is 38.8. The summed E-state index contributed by atoms with van der Waals surface area (Å²) in [5, 5.41) is 120. The summed E-state index contributed by atoms with van der Waals surface area (Å²) in [5.41, 5.74) is 0. The van der Waals surface area contributed by atoms with E-state index in [1.807, 2.05) is 6.08 Å². The van der Waals surface area contributed by atoms with Crippen LogP contribution in [0.3, 0.4) is 0 Å². The van der Waals surface area contributed by atoms with Crippen molar-refractivity contribution in [3.8, 4) is 0 Å². The van der Waals surface area contributed by atoms with Crippen molar-refractivity contribution >= 4 is 5.91 Å². The quantitative estimate of drug-likeness (QED) is 0.0284. The van der Waals surface area contributed by atoms with E-state index in [1.165, 1.54) is 44.9 Å². The minimum absolute atomic E-state index is 0.174. The highest BCUT2D eigenvalue weighted by Gasteiger charge is 2.53. The van der Waals surface area contributed by atoms with E-state index < -0.39 is 131 Å². The predicted octanol–water partition coefficient (Wildman–Crippen LogP) is 4.98. The SMILES string of the molecule is CC/C=C\C/C=C\C/C=C\C/C=C\C/C=C\C/C=C\CCCCC(=O)NC(COC1OC(CO)C(OC2OC(CO)C(OC3OC(CO)C(O)C(O)C3O)C(O)C2O)C(O)C1O)C(O)/C=C/CC/C=C/CCCCCCCCCC. The van der Waals surface area contributed by atoms with Gasteiger partial charge in [0.05, 0.1) is 38.6 Å². The van der Waals surface area contributed by atoms with Crippen molar-refractivity contribution in [3.63, 3.8) is 0 Å². The molecule has 0 aromatic heterocycles. The van der Waals surface area contributed by atoms with Gasteiger partial charge in [-0.2, -0.15) is 0 Å². The Kier molecular flexibility index (Phi) is 38.5. The van der Waals surface area contributed by atoms with E-state index in [0.29, 0.717) is 12.8 Å². The summed E-state index contributed by atoms with van der Waals surface area (Å²) >= 11 is 0. The molecule has 458 valence electrons. The van der Waals surface area contributed by atoms with Crippen LogP contribution in [0.1, 0.15) is 149 Å². The van der Waals surface area contributed by atoms with Crippen molar-refractivity contribution in [2.24, 2.45) is 0 Å². The fourth-order valence-corrected chi connectivity index (χ4v) is 9.27. The molecule has 1 amide bonds. The third-order valence-electron chi connectivity index (χ3n) is 14.1. The molecule has 3 heterocycles. The first-order valence-corrected chi connectivity index (χ1v) is 29.5. The van der Waals surface area contributed by atoms with Gasteiger partial charge in [0.2, 0.25) is 5.91 Å². The number of allylic oxidation sites excluding steroid dienone is 15. The maximum atomic E-state index is 13.3. The highest BCUT2D eigenvalue weighted by molar-refractivity contribution is 5.76. The molecule has 19 nitrogen and oxygen atoms in total. The number of ether oxygens (including phenoxy) is 6. The Morgan fingerprint density at radius 2 is 0.875 bits per heavy atom. The van der Waals surface area contributed by atoms with E-state index in [4.69, 9.17) is 28.4 Å². The molecule has 3 rings (SSSR count). The summed E-state index contributed by atoms with van der Waals surface area (Å²) in [7, 11) is 0. The van der Waals surface area contributed by atoms with Gasteiger partial charge in [-0.1, -0.05) is 156 Å². The largest absolute Gasteiger partial charge is 0.394 e. The summed E-state index contributed by atoms with van der Waals surface area (Å²) in [4.78, 5) is 13.3. The van der Waals surface area contributed by atoms with Crippen molar-refractivity contribution in [3.05, 3.63) is 97.2 Å². The molecule has 3 aliphatic rings. The van der Waals surface area contributed by atoms with Crippen LogP contribution in [0, 0.1) is 0 Å². The summed E-state index contributed by atoms with van der Waals surface area (Å²) in [6, 6.07) is -1.02. The normalized spacial score (nSPS) is 30.7. The molecule has 3 fully saturated rings. The Labute approximate surface area is 475 Å². The van der Waals surface area contributed by atoms with Crippen molar-refractivity contribution in [2.75, 3.05) is 26.4 Å². The number of nitrogens with one attached hydrogen (secondary N) is 1. The van der Waals surface area contributed by atoms with Crippen molar-refractivity contribution in [2.45, 2.75) is 253 Å². The lowest BCUT2D eigenvalue weighted by atomic mass is 9.96. The zero-order valence-corrected chi connectivity index (χ0v) is 47.5. The number of carbonyl (C=O) groups excluding carboxylic acids is 1. The molecule has 0 radical (unpaired) electrons. The van der Waals surface area contributed by atoms with E-state index in [-0.39, 0.29) is 12.3 Å². The zero-order chi connectivity index (χ0) is 58.3. The lowest BCUT2D eigenvalue weighted by Gasteiger charge is -2.48. The lowest BCUT2D eigenvalue weighted by molar-refractivity contribution is -0.379. The third kappa shape index (κ3) is 27.0. The highest BCUT2D eigenvalue weighted by atomic mass is 16.8. The number of aliphatic hydroxyl groups is 11. The summed E-state index contributed by atoms with van der Waals surface area (Å²) in [5.74, 6) is -0.334. The molecule has 0 bridgehead atoms. The van der Waals surface area contributed by atoms with Crippen molar-refractivity contribution < 1.29 is 89.4 Å². The molecule has 0 aromatic rings. The predicted molar refractivity (Wildman–Crippen MR) is 304 cm³/mol. The number of hydrogen-bond donors (Lipinski definition) is 12. The molecular weight excluding hydrogens is 1030 g/mol. The van der Waals surface area contributed by atoms with Gasteiger partial charge in [0.1, 0.15) is 73.2 Å². The molecular formula is C61H101NO18. The molecule has 0 saturated carbocycles. The first kappa shape index (κ1) is 71.0. The van der Waals surface area contributed by atoms with E-state index in [1.54, 1.807) is 6.08 Å². The number of carbonyl (C=O) groups is 1. The van der Waals surface area contributed by atoms with Crippen molar-refractivity contribution in [1.82, 2.24) is 5.32 Å². The Morgan fingerprint density at radius 1 is 0.463 bits per heavy atom. The zero-order valence-electron chi connectivity index (χ0n) is 47.5. The third-order valence-corrected chi connectivity index (χ3v) is 14.1. The van der Waals surface area contributed by atoms with Crippen LogP contribution in [0.5, 0.6) is 0 Å². The Hall–Kier alpha value is -3.29. The average molecular weight is 1140 g/mol. The van der Waals surface area contributed by atoms with Crippen LogP contribution in [-0.2, 0) is 33.2 Å². The lowest BCUT2D eigenvalue weighted by Crippen LogP contribution is -2.66. The molecule has 3 aliphatic heterocycles. The molecule has 0 aliphatic carbocycles. The molecule has 3 saturated heterocycles. The minimum Gasteiger partial charge on any atom is -0.394 e. The molecule has 17 atom stereocenters. The van der Waals surface area contributed by atoms with Gasteiger partial charge in [-0.05, 0) is 83.5 Å². The van der Waals surface area contributed by atoms with Crippen molar-refractivity contribution in [1.29, 1.82) is 0 Å². The smallest absolute Gasteiger partial charge is 0.220 e. The van der Waals surface area contributed by atoms with E-state index >= 15 is 0 Å². The van der Waals surface area contributed by atoms with Gasteiger partial charge in [0, 0.05) is 6.42 Å². The van der Waals surface area contributed by atoms with Gasteiger partial charge in [0.25, 0.3) is 0 Å². The number of aliphatic hydroxyl groups excluding tert-OH is 11. The maximum Gasteiger partial charge on any atom is 0.220 e. The summed E-state index contributed by atoms with van der Waals surface area (Å²) in [6.07, 6.45) is 26.8. The Morgan fingerprint density at radius 3 is 1.40 bits per heavy atom. The van der Waals surface area contributed by atoms with E-state index in [9.17, 15) is 61.0 Å². The number of hydrogen-bond acceptors (Lipinski definition) is 18. The summed E-state index contributed by atoms with van der Waals surface area (Å²) in [6.45, 7) is 1.51. The number of rotatable bonds is 41. The second-order valence-corrected chi connectivity index (χ2v) is 20.7. The van der Waals surface area contributed by atoms with Crippen LogP contribution in [0.4, 0.5) is 0 Å². The monoisotopic (exact) mass is 1140 g/mol. The van der Waals surface area contributed by atoms with Gasteiger partial charge in [-0.15, -0.1) is 0 Å². The fourth-order valence-electron chi connectivity index (χ4n) is 9.27. The van der Waals surface area contributed by atoms with E-state index in [0.717, 1.165) is 70.6 Å². The second kappa shape index (κ2) is 43.4. The average Bonchev–Trinajstić information content (AvgIpc) is 3.45. The molecule has 12 N–H and O–H groups in total. The minimum atomic E-state index is -1.99. The highest BCUT2D eigenvalue weighted by Crippen LogP contribution is 2.33. The molecule has 17 unspecified atom stereocenters. The van der Waals surface area contributed by atoms with E-state index in [2.05, 4.69) is 104 Å². The standard InChI is InChI=1S/C61H101NO18/c1-3-5-7-9-11-13-15-17-19-20-21-22-23-24-25-27-29-31-33-35-37-39-49(67)62-44(45(66)38-36-34-32-30-28-26-18-16-14-12-10-8-6-4-2)43-75-59-55(73)52(70)57(47(41-64)77-59)80-61-56(74)53(71)58(48(42-65)78-61)79-60-54(72)51(69)50(68)46(40-63)76-60/h5,7,11,13,17,19,21-22,24-25,28-31,36,38,44-48,50-61,63-66,68-74H,3-4,6,8-10,12,14-16,18,20,23,26-27,32-35,37,39-43H2,1-2H3,(H,62,67)/b7-5-,13-11-,19-17-,22-21-,25-24-,30-28+,31-29-,38-36+. The fraction of sp³-hybridized carbons (Fsp3) is 0.721. The Balaban J connectivity index is 1.53. The van der Waals surface area contributed by atoms with Crippen LogP contribution < -0.4 is 5.32 Å². The van der Waals surface area contributed by atoms with Crippen LogP contribution in [0.25, 0.3) is 0 Å². The van der Waals surface area contributed by atoms with Gasteiger partial charge in [-0.3, -0.25) is 4.79 Å². The molecule has 0 aromatic carbocycles. The van der Waals surface area contributed by atoms with Gasteiger partial charge < -0.3 is 89.9 Å². The van der Waals surface area contributed by atoms with Crippen LogP contribution >= 0.6 is 0 Å². The van der Waals surface area contributed by atoms with Crippen LogP contribution in [0.15, 0.2) is 97.2 Å². The van der Waals surface area contributed by atoms with Gasteiger partial charge in [0.15, 0.2) is 18.9 Å². The second-order valence-electron chi connectivity index (χ2n) is 20.7. The molecule has 80 heavy (non-hydrogen) atoms. The van der Waals surface area contributed by atoms with Crippen LogP contribution in [0.2, 0.25) is 0 Å². The van der Waals surface area contributed by atoms with Gasteiger partial charge >= 0.3 is 0 Å². The Bertz CT molecular complexity index is 1840. The topological polar surface area (TPSA) is 307 Å². The first-order valence-electron chi connectivity index (χ1n) is 29.5. The molecule has 19 heteroatoms. The van der Waals surface area contributed by atoms with Gasteiger partial charge in [-0.25, -0.2) is 0 Å². The summed E-state index contributed by atoms with van der Waals surface area (Å²) < 4.78 is 34.2.